The lowest BCUT2D eigenvalue weighted by Gasteiger charge is -2.23. The zero-order chi connectivity index (χ0) is 13.7. The Bertz CT molecular complexity index is 629. The quantitative estimate of drug-likeness (QED) is 0.880. The fraction of sp³-hybridized carbons (Fsp3) is 0.538. The van der Waals surface area contributed by atoms with Gasteiger partial charge in [0.25, 0.3) is 0 Å². The predicted molar refractivity (Wildman–Crippen MR) is 77.2 cm³/mol. The van der Waals surface area contributed by atoms with Crippen molar-refractivity contribution in [2.24, 2.45) is 5.73 Å². The maximum absolute atomic E-state index is 11.6. The van der Waals surface area contributed by atoms with Gasteiger partial charge in [0.05, 0.1) is 18.1 Å². The highest BCUT2D eigenvalue weighted by Gasteiger charge is 2.40. The Labute approximate surface area is 121 Å². The van der Waals surface area contributed by atoms with Crippen LogP contribution < -0.4 is 10.5 Å². The maximum atomic E-state index is 11.6. The van der Waals surface area contributed by atoms with Crippen LogP contribution in [0.2, 0.25) is 0 Å². The number of benzene rings is 1. The second-order valence-electron chi connectivity index (χ2n) is 5.53. The van der Waals surface area contributed by atoms with Crippen molar-refractivity contribution in [1.29, 1.82) is 0 Å². The van der Waals surface area contributed by atoms with Crippen molar-refractivity contribution in [2.45, 2.75) is 24.8 Å². The molecule has 1 aromatic carbocycles. The zero-order valence-corrected chi connectivity index (χ0v) is 12.9. The van der Waals surface area contributed by atoms with Gasteiger partial charge in [0.15, 0.2) is 9.84 Å². The normalized spacial score (nSPS) is 28.1. The van der Waals surface area contributed by atoms with Crippen molar-refractivity contribution >= 4 is 25.8 Å². The van der Waals surface area contributed by atoms with Crippen molar-refractivity contribution in [3.05, 3.63) is 27.7 Å². The molecule has 104 valence electrons. The van der Waals surface area contributed by atoms with Crippen LogP contribution in [0.3, 0.4) is 0 Å². The zero-order valence-electron chi connectivity index (χ0n) is 10.5. The number of sulfone groups is 1. The lowest BCUT2D eigenvalue weighted by atomic mass is 9.90. The van der Waals surface area contributed by atoms with Crippen LogP contribution in [0.15, 0.2) is 16.6 Å². The molecule has 4 nitrogen and oxygen atoms in total. The molecule has 0 saturated carbocycles. The molecule has 1 unspecified atom stereocenters. The third kappa shape index (κ3) is 2.66. The molecule has 2 heterocycles. The molecular formula is C13H16BrNO3S. The average molecular weight is 346 g/mol. The lowest BCUT2D eigenvalue weighted by molar-refractivity contribution is 0.349. The van der Waals surface area contributed by atoms with Crippen molar-refractivity contribution in [3.63, 3.8) is 0 Å². The Kier molecular flexibility index (Phi) is 3.15. The monoisotopic (exact) mass is 345 g/mol. The third-order valence-corrected chi connectivity index (χ3v) is 6.08. The number of fused-ring (bicyclic) bond motifs is 1. The summed E-state index contributed by atoms with van der Waals surface area (Å²) in [5.41, 5.74) is 7.80. The van der Waals surface area contributed by atoms with Crippen LogP contribution in [0.1, 0.15) is 17.5 Å². The van der Waals surface area contributed by atoms with E-state index in [1.807, 2.05) is 6.07 Å². The maximum Gasteiger partial charge on any atom is 0.152 e. The topological polar surface area (TPSA) is 69.4 Å². The highest BCUT2D eigenvalue weighted by Crippen LogP contribution is 2.36. The largest absolute Gasteiger partial charge is 0.493 e. The summed E-state index contributed by atoms with van der Waals surface area (Å²) in [6.45, 7) is 0.689. The summed E-state index contributed by atoms with van der Waals surface area (Å²) in [5, 5.41) is 0. The van der Waals surface area contributed by atoms with Crippen molar-refractivity contribution in [3.8, 4) is 5.75 Å². The molecule has 0 bridgehead atoms. The fourth-order valence-electron chi connectivity index (χ4n) is 2.94. The van der Waals surface area contributed by atoms with Crippen molar-refractivity contribution in [1.82, 2.24) is 0 Å². The molecule has 2 N–H and O–H groups in total. The van der Waals surface area contributed by atoms with E-state index in [4.69, 9.17) is 10.5 Å². The van der Waals surface area contributed by atoms with Crippen LogP contribution >= 0.6 is 15.9 Å². The second kappa shape index (κ2) is 4.46. The minimum Gasteiger partial charge on any atom is -0.493 e. The number of rotatable bonds is 2. The minimum absolute atomic E-state index is 0.0707. The smallest absolute Gasteiger partial charge is 0.152 e. The molecule has 0 aliphatic carbocycles. The van der Waals surface area contributed by atoms with Gasteiger partial charge in [-0.15, -0.1) is 0 Å². The molecule has 1 aromatic rings. The summed E-state index contributed by atoms with van der Waals surface area (Å²) in [6.07, 6.45) is 1.97. The van der Waals surface area contributed by atoms with Crippen molar-refractivity contribution in [2.75, 3.05) is 18.1 Å². The Morgan fingerprint density at radius 2 is 2.21 bits per heavy atom. The first-order chi connectivity index (χ1) is 8.87. The molecule has 2 aliphatic heterocycles. The summed E-state index contributed by atoms with van der Waals surface area (Å²) in [6, 6.07) is 4.05. The molecule has 0 spiro atoms. The summed E-state index contributed by atoms with van der Waals surface area (Å²) >= 11 is 3.49. The molecule has 1 fully saturated rings. The van der Waals surface area contributed by atoms with E-state index in [-0.39, 0.29) is 11.5 Å². The predicted octanol–water partition coefficient (Wildman–Crippen LogP) is 1.44. The Morgan fingerprint density at radius 1 is 1.42 bits per heavy atom. The molecular weight excluding hydrogens is 330 g/mol. The first-order valence-electron chi connectivity index (χ1n) is 6.30. The minimum atomic E-state index is -2.98. The van der Waals surface area contributed by atoms with Gasteiger partial charge >= 0.3 is 0 Å². The van der Waals surface area contributed by atoms with Crippen LogP contribution in [-0.2, 0) is 22.7 Å². The van der Waals surface area contributed by atoms with E-state index in [0.29, 0.717) is 19.4 Å². The molecule has 1 saturated heterocycles. The summed E-state index contributed by atoms with van der Waals surface area (Å²) in [7, 11) is -2.98. The van der Waals surface area contributed by atoms with Crippen molar-refractivity contribution < 1.29 is 13.2 Å². The standard InChI is InChI=1S/C13H16BrNO3S/c14-11-5-9-1-3-18-12(9)10(6-11)7-13(15)2-4-19(16,17)8-13/h5-6H,1-4,7-8,15H2. The highest BCUT2D eigenvalue weighted by atomic mass is 79.9. The Morgan fingerprint density at radius 3 is 2.89 bits per heavy atom. The van der Waals surface area contributed by atoms with Gasteiger partial charge in [-0.1, -0.05) is 15.9 Å². The highest BCUT2D eigenvalue weighted by molar-refractivity contribution is 9.10. The van der Waals surface area contributed by atoms with Crippen LogP contribution in [0.4, 0.5) is 0 Å². The van der Waals surface area contributed by atoms with E-state index < -0.39 is 15.4 Å². The molecule has 1 atom stereocenters. The molecule has 3 rings (SSSR count). The second-order valence-corrected chi connectivity index (χ2v) is 8.63. The van der Waals surface area contributed by atoms with E-state index in [0.717, 1.165) is 22.2 Å². The fourth-order valence-corrected chi connectivity index (χ4v) is 5.47. The first-order valence-corrected chi connectivity index (χ1v) is 8.92. The molecule has 19 heavy (non-hydrogen) atoms. The van der Waals surface area contributed by atoms with E-state index in [9.17, 15) is 8.42 Å². The molecule has 0 aromatic heterocycles. The summed E-state index contributed by atoms with van der Waals surface area (Å²) in [4.78, 5) is 0. The number of nitrogens with two attached hydrogens (primary N) is 1. The van der Waals surface area contributed by atoms with Gasteiger partial charge in [-0.2, -0.15) is 0 Å². The van der Waals surface area contributed by atoms with Crippen LogP contribution in [0.25, 0.3) is 0 Å². The van der Waals surface area contributed by atoms with E-state index >= 15 is 0 Å². The average Bonchev–Trinajstić information content (AvgIpc) is 2.83. The van der Waals surface area contributed by atoms with Crippen LogP contribution in [0, 0.1) is 0 Å². The lowest BCUT2D eigenvalue weighted by Crippen LogP contribution is -2.43. The van der Waals surface area contributed by atoms with Gasteiger partial charge in [0.1, 0.15) is 5.75 Å². The summed E-state index contributed by atoms with van der Waals surface area (Å²) in [5.74, 6) is 1.17. The van der Waals surface area contributed by atoms with Gasteiger partial charge in [-0.05, 0) is 36.1 Å². The molecule has 2 aliphatic rings. The SMILES string of the molecule is NC1(Cc2cc(Br)cc3c2OCC3)CCS(=O)(=O)C1. The summed E-state index contributed by atoms with van der Waals surface area (Å²) < 4.78 is 29.9. The van der Waals surface area contributed by atoms with E-state index in [1.165, 1.54) is 5.56 Å². The van der Waals surface area contributed by atoms with Gasteiger partial charge in [-0.3, -0.25) is 0 Å². The Hall–Kier alpha value is -0.590. The molecule has 6 heteroatoms. The number of ether oxygens (including phenoxy) is 1. The number of hydrogen-bond donors (Lipinski definition) is 1. The van der Waals surface area contributed by atoms with Crippen LogP contribution in [0.5, 0.6) is 5.75 Å². The molecule has 0 amide bonds. The third-order valence-electron chi connectivity index (χ3n) is 3.79. The van der Waals surface area contributed by atoms with E-state index in [2.05, 4.69) is 22.0 Å². The van der Waals surface area contributed by atoms with Gasteiger partial charge in [0.2, 0.25) is 0 Å². The molecule has 0 radical (unpaired) electrons. The van der Waals surface area contributed by atoms with Gasteiger partial charge < -0.3 is 10.5 Å². The first kappa shape index (κ1) is 13.4. The Balaban J connectivity index is 1.92. The van der Waals surface area contributed by atoms with Crippen LogP contribution in [-0.4, -0.2) is 32.1 Å². The number of halogens is 1. The van der Waals surface area contributed by atoms with Gasteiger partial charge in [0, 0.05) is 16.4 Å². The number of hydrogen-bond acceptors (Lipinski definition) is 4. The van der Waals surface area contributed by atoms with Gasteiger partial charge in [-0.25, -0.2) is 8.42 Å². The van der Waals surface area contributed by atoms with E-state index in [1.54, 1.807) is 0 Å².